The molecule has 0 atom stereocenters. The highest BCUT2D eigenvalue weighted by Gasteiger charge is 2.12. The Hall–Kier alpha value is -0.710. The molecule has 70 valence electrons. The first kappa shape index (κ1) is 8.87. The zero-order valence-corrected chi connectivity index (χ0v) is 8.19. The molecule has 1 aliphatic rings. The molecule has 1 aromatic rings. The first-order valence-electron chi connectivity index (χ1n) is 4.04. The minimum absolute atomic E-state index is 0.727. The molecule has 13 heavy (non-hydrogen) atoms. The summed E-state index contributed by atoms with van der Waals surface area (Å²) in [6.07, 6.45) is 0. The normalized spacial score (nSPS) is 13.9. The van der Waals surface area contributed by atoms with E-state index in [4.69, 9.17) is 9.57 Å². The van der Waals surface area contributed by atoms with E-state index in [1.54, 1.807) is 18.9 Å². The first-order valence-corrected chi connectivity index (χ1v) is 5.03. The summed E-state index contributed by atoms with van der Waals surface area (Å²) in [6, 6.07) is 6.16. The molecule has 3 nitrogen and oxygen atoms in total. The molecule has 0 aromatic heterocycles. The Morgan fingerprint density at radius 3 is 3.38 bits per heavy atom. The molecular weight excluding hydrogens is 186 g/mol. The van der Waals surface area contributed by atoms with Crippen molar-refractivity contribution in [1.29, 1.82) is 0 Å². The van der Waals surface area contributed by atoms with Gasteiger partial charge in [-0.05, 0) is 17.7 Å². The van der Waals surface area contributed by atoms with Crippen LogP contribution in [0.25, 0.3) is 0 Å². The van der Waals surface area contributed by atoms with Gasteiger partial charge < -0.3 is 9.57 Å². The van der Waals surface area contributed by atoms with Gasteiger partial charge in [0.25, 0.3) is 0 Å². The van der Waals surface area contributed by atoms with Gasteiger partial charge in [0.15, 0.2) is 0 Å². The maximum absolute atomic E-state index is 5.37. The lowest BCUT2D eigenvalue weighted by atomic mass is 10.2. The Kier molecular flexibility index (Phi) is 2.73. The van der Waals surface area contributed by atoms with Crippen LogP contribution >= 0.6 is 11.8 Å². The van der Waals surface area contributed by atoms with Crippen molar-refractivity contribution in [3.63, 3.8) is 0 Å². The summed E-state index contributed by atoms with van der Waals surface area (Å²) in [4.78, 5) is 6.00. The fraction of sp³-hybridized carbons (Fsp3) is 0.333. The SMILES string of the molecule is CONCc1ccc2c(c1)SCO2. The average Bonchev–Trinajstić information content (AvgIpc) is 2.61. The molecule has 1 N–H and O–H groups in total. The van der Waals surface area contributed by atoms with Crippen LogP contribution in [0.1, 0.15) is 5.56 Å². The summed E-state index contributed by atoms with van der Waals surface area (Å²) >= 11 is 1.72. The van der Waals surface area contributed by atoms with Gasteiger partial charge in [0.1, 0.15) is 11.7 Å². The molecule has 0 bridgehead atoms. The maximum Gasteiger partial charge on any atom is 0.138 e. The van der Waals surface area contributed by atoms with Crippen LogP contribution in [0.5, 0.6) is 5.75 Å². The van der Waals surface area contributed by atoms with E-state index < -0.39 is 0 Å². The zero-order chi connectivity index (χ0) is 9.10. The Morgan fingerprint density at radius 1 is 1.62 bits per heavy atom. The summed E-state index contributed by atoms with van der Waals surface area (Å²) < 4.78 is 5.37. The molecule has 0 fully saturated rings. The van der Waals surface area contributed by atoms with E-state index in [0.717, 1.165) is 18.2 Å². The summed E-state index contributed by atoms with van der Waals surface area (Å²) in [5.74, 6) is 1.72. The van der Waals surface area contributed by atoms with Crippen LogP contribution in [0, 0.1) is 0 Å². The molecule has 0 saturated carbocycles. The minimum atomic E-state index is 0.727. The van der Waals surface area contributed by atoms with Crippen molar-refractivity contribution < 1.29 is 9.57 Å². The van der Waals surface area contributed by atoms with Gasteiger partial charge >= 0.3 is 0 Å². The zero-order valence-electron chi connectivity index (χ0n) is 7.37. The predicted octanol–water partition coefficient (Wildman–Crippen LogP) is 1.78. The molecule has 0 spiro atoms. The second kappa shape index (κ2) is 4.00. The van der Waals surface area contributed by atoms with E-state index in [9.17, 15) is 0 Å². The van der Waals surface area contributed by atoms with Crippen molar-refractivity contribution in [3.05, 3.63) is 23.8 Å². The Balaban J connectivity index is 2.12. The quantitative estimate of drug-likeness (QED) is 0.748. The number of hydrogen-bond donors (Lipinski definition) is 1. The molecule has 1 heterocycles. The number of nitrogens with one attached hydrogen (secondary N) is 1. The lowest BCUT2D eigenvalue weighted by Gasteiger charge is -2.03. The first-order chi connectivity index (χ1) is 6.40. The van der Waals surface area contributed by atoms with Gasteiger partial charge in [-0.1, -0.05) is 17.8 Å². The van der Waals surface area contributed by atoms with Crippen molar-refractivity contribution in [2.45, 2.75) is 11.4 Å². The lowest BCUT2D eigenvalue weighted by Crippen LogP contribution is -2.10. The van der Waals surface area contributed by atoms with Crippen molar-refractivity contribution >= 4 is 11.8 Å². The van der Waals surface area contributed by atoms with Crippen LogP contribution < -0.4 is 10.2 Å². The third kappa shape index (κ3) is 1.96. The molecule has 0 unspecified atom stereocenters. The van der Waals surface area contributed by atoms with Crippen molar-refractivity contribution in [3.8, 4) is 5.75 Å². The predicted molar refractivity (Wildman–Crippen MR) is 51.6 cm³/mol. The van der Waals surface area contributed by atoms with E-state index in [1.165, 1.54) is 10.5 Å². The standard InChI is InChI=1S/C9H11NO2S/c1-11-10-5-7-2-3-8-9(4-7)13-6-12-8/h2-4,10H,5-6H2,1H3. The monoisotopic (exact) mass is 197 g/mol. The van der Waals surface area contributed by atoms with E-state index in [2.05, 4.69) is 11.5 Å². The molecule has 1 aliphatic heterocycles. The van der Waals surface area contributed by atoms with Gasteiger partial charge in [-0.2, -0.15) is 5.48 Å². The van der Waals surface area contributed by atoms with Gasteiger partial charge in [-0.25, -0.2) is 0 Å². The van der Waals surface area contributed by atoms with E-state index in [-0.39, 0.29) is 0 Å². The number of thioether (sulfide) groups is 1. The molecule has 4 heteroatoms. The topological polar surface area (TPSA) is 30.5 Å². The number of ether oxygens (including phenoxy) is 1. The number of benzene rings is 1. The highest BCUT2D eigenvalue weighted by Crippen LogP contribution is 2.36. The summed E-state index contributed by atoms with van der Waals surface area (Å²) in [5, 5.41) is 0. The average molecular weight is 197 g/mol. The van der Waals surface area contributed by atoms with Crippen LogP contribution in [0.15, 0.2) is 23.1 Å². The third-order valence-electron chi connectivity index (χ3n) is 1.86. The Labute approximate surface area is 81.4 Å². The van der Waals surface area contributed by atoms with Gasteiger partial charge in [-0.3, -0.25) is 0 Å². The van der Waals surface area contributed by atoms with Crippen LogP contribution in [0.4, 0.5) is 0 Å². The number of rotatable bonds is 3. The molecular formula is C9H11NO2S. The van der Waals surface area contributed by atoms with E-state index in [1.807, 2.05) is 12.1 Å². The van der Waals surface area contributed by atoms with Crippen molar-refractivity contribution in [1.82, 2.24) is 5.48 Å². The molecule has 0 amide bonds. The van der Waals surface area contributed by atoms with Gasteiger partial charge in [-0.15, -0.1) is 0 Å². The summed E-state index contributed by atoms with van der Waals surface area (Å²) in [6.45, 7) is 0.727. The van der Waals surface area contributed by atoms with Crippen LogP contribution in [-0.2, 0) is 11.4 Å². The highest BCUT2D eigenvalue weighted by atomic mass is 32.2. The molecule has 0 radical (unpaired) electrons. The summed E-state index contributed by atoms with van der Waals surface area (Å²) in [7, 11) is 1.62. The van der Waals surface area contributed by atoms with Crippen molar-refractivity contribution in [2.75, 3.05) is 13.0 Å². The molecule has 0 saturated heterocycles. The second-order valence-electron chi connectivity index (χ2n) is 2.71. The molecule has 2 rings (SSSR count). The van der Waals surface area contributed by atoms with Crippen LogP contribution in [0.2, 0.25) is 0 Å². The largest absolute Gasteiger partial charge is 0.481 e. The minimum Gasteiger partial charge on any atom is -0.481 e. The highest BCUT2D eigenvalue weighted by molar-refractivity contribution is 7.99. The number of fused-ring (bicyclic) bond motifs is 1. The fourth-order valence-corrected chi connectivity index (χ4v) is 2.02. The molecule has 0 aliphatic carbocycles. The smallest absolute Gasteiger partial charge is 0.138 e. The van der Waals surface area contributed by atoms with E-state index >= 15 is 0 Å². The van der Waals surface area contributed by atoms with Gasteiger partial charge in [0, 0.05) is 6.54 Å². The van der Waals surface area contributed by atoms with Gasteiger partial charge in [0.2, 0.25) is 0 Å². The van der Waals surface area contributed by atoms with Crippen molar-refractivity contribution in [2.24, 2.45) is 0 Å². The van der Waals surface area contributed by atoms with Crippen LogP contribution in [-0.4, -0.2) is 13.0 Å². The van der Waals surface area contributed by atoms with Gasteiger partial charge in [0.05, 0.1) is 12.0 Å². The summed E-state index contributed by atoms with van der Waals surface area (Å²) in [5.41, 5.74) is 4.01. The van der Waals surface area contributed by atoms with Crippen LogP contribution in [0.3, 0.4) is 0 Å². The van der Waals surface area contributed by atoms with E-state index in [0.29, 0.717) is 0 Å². The Morgan fingerprint density at radius 2 is 2.54 bits per heavy atom. The second-order valence-corrected chi connectivity index (χ2v) is 3.68. The number of hydrogen-bond acceptors (Lipinski definition) is 4. The Bertz CT molecular complexity index is 304. The maximum atomic E-state index is 5.37. The third-order valence-corrected chi connectivity index (χ3v) is 2.72. The fourth-order valence-electron chi connectivity index (χ4n) is 1.21. The lowest BCUT2D eigenvalue weighted by molar-refractivity contribution is 0.0866. The number of hydroxylamine groups is 1. The molecule has 1 aromatic carbocycles.